The fourth-order valence-corrected chi connectivity index (χ4v) is 0.368. The van der Waals surface area contributed by atoms with E-state index in [4.69, 9.17) is 0 Å². The van der Waals surface area contributed by atoms with Crippen molar-refractivity contribution in [1.29, 1.82) is 0 Å². The minimum absolute atomic E-state index is 0.232. The van der Waals surface area contributed by atoms with Gasteiger partial charge in [0.1, 0.15) is 6.54 Å². The van der Waals surface area contributed by atoms with Gasteiger partial charge in [0.25, 0.3) is 0 Å². The highest BCUT2D eigenvalue weighted by Gasteiger charge is 1.88. The van der Waals surface area contributed by atoms with Gasteiger partial charge in [-0.25, -0.2) is 5.21 Å². The third-order valence-electron chi connectivity index (χ3n) is 0.883. The van der Waals surface area contributed by atoms with Gasteiger partial charge in [0.05, 0.1) is 0 Å². The molecule has 0 aromatic heterocycles. The van der Waals surface area contributed by atoms with Crippen molar-refractivity contribution in [3.05, 3.63) is 5.21 Å². The monoisotopic (exact) mass is 132 g/mol. The van der Waals surface area contributed by atoms with Crippen LogP contribution in [0.2, 0.25) is 0 Å². The Morgan fingerprint density at radius 1 is 1.67 bits per heavy atom. The van der Waals surface area contributed by atoms with Gasteiger partial charge in [0.15, 0.2) is 5.02 Å². The summed E-state index contributed by atoms with van der Waals surface area (Å²) in [6.07, 6.45) is 1.98. The zero-order valence-electron chi connectivity index (χ0n) is 5.83. The molecule has 0 aromatic carbocycles. The average Bonchev–Trinajstić information content (AvgIpc) is 1.89. The molecule has 0 aliphatic heterocycles. The maximum atomic E-state index is 10.2. The maximum Gasteiger partial charge on any atom is 0.168 e. The molecule has 0 aliphatic rings. The van der Waals surface area contributed by atoms with Gasteiger partial charge in [0, 0.05) is 12.2 Å². The molecule has 0 N–H and O–H groups in total. The molecule has 0 aliphatic carbocycles. The van der Waals surface area contributed by atoms with E-state index in [-0.39, 0.29) is 5.02 Å². The predicted octanol–water partition coefficient (Wildman–Crippen LogP) is 1.31. The molecule has 0 heterocycles. The van der Waals surface area contributed by atoms with E-state index in [1.807, 2.05) is 6.92 Å². The van der Waals surface area contributed by atoms with Gasteiger partial charge < -0.3 is 4.84 Å². The van der Waals surface area contributed by atoms with Crippen molar-refractivity contribution in [2.75, 3.05) is 13.7 Å². The Bertz CT molecular complexity index is 93.0. The van der Waals surface area contributed by atoms with Crippen LogP contribution >= 0.6 is 0 Å². The minimum atomic E-state index is 0.232. The van der Waals surface area contributed by atoms with E-state index in [1.165, 1.54) is 7.11 Å². The Hall–Kier alpha value is -0.800. The molecule has 54 valence electrons. The second-order valence-electron chi connectivity index (χ2n) is 1.64. The Morgan fingerprint density at radius 3 is 2.78 bits per heavy atom. The molecule has 0 aromatic rings. The zero-order valence-corrected chi connectivity index (χ0v) is 5.83. The largest absolute Gasteiger partial charge is 0.384 e. The first-order valence-corrected chi connectivity index (χ1v) is 3.00. The van der Waals surface area contributed by atoms with Gasteiger partial charge in [-0.15, -0.1) is 0 Å². The smallest absolute Gasteiger partial charge is 0.168 e. The fraction of sp³-hybridized carbons (Fsp3) is 1.00. The van der Waals surface area contributed by atoms with Crippen LogP contribution in [0.3, 0.4) is 0 Å². The highest BCUT2D eigenvalue weighted by molar-refractivity contribution is 4.32. The quantitative estimate of drug-likeness (QED) is 0.329. The van der Waals surface area contributed by atoms with Crippen LogP contribution < -0.4 is 0 Å². The molecular formula is C5H12N2O2. The van der Waals surface area contributed by atoms with Crippen molar-refractivity contribution in [1.82, 2.24) is 0 Å². The minimum Gasteiger partial charge on any atom is -0.384 e. The topological polar surface area (TPSA) is 47.7 Å². The van der Waals surface area contributed by atoms with E-state index >= 15 is 0 Å². The Labute approximate surface area is 54.7 Å². The predicted molar refractivity (Wildman–Crippen MR) is 32.8 cm³/mol. The standard InChI is InChI=1S/C5H12N2O2/c1-3-4-5-6-7(8)9-2/h3-5H2,1-2H3. The van der Waals surface area contributed by atoms with Gasteiger partial charge in [-0.2, -0.15) is 0 Å². The number of nitrogens with zero attached hydrogens (tertiary/aromatic N) is 2. The van der Waals surface area contributed by atoms with Gasteiger partial charge in [-0.1, -0.05) is 13.3 Å². The summed E-state index contributed by atoms with van der Waals surface area (Å²) in [4.78, 5) is 4.21. The molecule has 4 nitrogen and oxygen atoms in total. The molecular weight excluding hydrogens is 120 g/mol. The van der Waals surface area contributed by atoms with Crippen molar-refractivity contribution in [3.8, 4) is 0 Å². The highest BCUT2D eigenvalue weighted by Crippen LogP contribution is 1.86. The molecule has 0 unspecified atom stereocenters. The van der Waals surface area contributed by atoms with Gasteiger partial charge in [-0.05, 0) is 6.42 Å². The van der Waals surface area contributed by atoms with Crippen molar-refractivity contribution >= 4 is 0 Å². The van der Waals surface area contributed by atoms with E-state index in [1.54, 1.807) is 0 Å². The first-order chi connectivity index (χ1) is 4.31. The van der Waals surface area contributed by atoms with Crippen molar-refractivity contribution in [2.24, 2.45) is 5.11 Å². The fourth-order valence-electron chi connectivity index (χ4n) is 0.368. The first kappa shape index (κ1) is 8.20. The summed E-state index contributed by atoms with van der Waals surface area (Å²) < 4.78 is 0. The maximum absolute atomic E-state index is 10.2. The zero-order chi connectivity index (χ0) is 7.11. The lowest BCUT2D eigenvalue weighted by Gasteiger charge is -1.90. The summed E-state index contributed by atoms with van der Waals surface area (Å²) in [5.41, 5.74) is 0. The Morgan fingerprint density at radius 2 is 2.33 bits per heavy atom. The molecule has 0 spiro atoms. The van der Waals surface area contributed by atoms with Gasteiger partial charge >= 0.3 is 0 Å². The summed E-state index contributed by atoms with van der Waals surface area (Å²) in [6, 6.07) is 0. The third kappa shape index (κ3) is 5.06. The summed E-state index contributed by atoms with van der Waals surface area (Å²) in [7, 11) is 1.29. The molecule has 0 radical (unpaired) electrons. The van der Waals surface area contributed by atoms with E-state index in [2.05, 4.69) is 9.95 Å². The summed E-state index contributed by atoms with van der Waals surface area (Å²) >= 11 is 0. The molecule has 9 heavy (non-hydrogen) atoms. The number of unbranched alkanes of at least 4 members (excludes halogenated alkanes) is 1. The van der Waals surface area contributed by atoms with Crippen LogP contribution in [-0.2, 0) is 4.84 Å². The lowest BCUT2D eigenvalue weighted by Crippen LogP contribution is -1.98. The Kier molecular flexibility index (Phi) is 4.86. The molecule has 0 amide bonds. The highest BCUT2D eigenvalue weighted by atomic mass is 16.9. The molecule has 0 saturated heterocycles. The second-order valence-corrected chi connectivity index (χ2v) is 1.64. The molecule has 0 rings (SSSR count). The van der Waals surface area contributed by atoms with Crippen LogP contribution in [0.1, 0.15) is 19.8 Å². The van der Waals surface area contributed by atoms with Gasteiger partial charge in [0.2, 0.25) is 0 Å². The number of rotatable bonds is 4. The molecule has 0 saturated carbocycles. The van der Waals surface area contributed by atoms with Crippen molar-refractivity contribution < 1.29 is 9.86 Å². The molecule has 0 fully saturated rings. The molecule has 0 atom stereocenters. The average molecular weight is 132 g/mol. The number of hydrogen-bond donors (Lipinski definition) is 0. The lowest BCUT2D eigenvalue weighted by atomic mass is 10.3. The SMILES string of the molecule is CCCCN=[N+]([O-])OC. The van der Waals surface area contributed by atoms with Crippen LogP contribution in [0.15, 0.2) is 5.11 Å². The van der Waals surface area contributed by atoms with Crippen LogP contribution in [0.25, 0.3) is 0 Å². The number of hydrogen-bond acceptors (Lipinski definition) is 3. The van der Waals surface area contributed by atoms with Gasteiger partial charge in [-0.3, -0.25) is 0 Å². The van der Waals surface area contributed by atoms with Crippen LogP contribution in [0.5, 0.6) is 0 Å². The third-order valence-corrected chi connectivity index (χ3v) is 0.883. The van der Waals surface area contributed by atoms with E-state index in [0.29, 0.717) is 6.54 Å². The van der Waals surface area contributed by atoms with Crippen molar-refractivity contribution in [2.45, 2.75) is 19.8 Å². The van der Waals surface area contributed by atoms with Crippen LogP contribution in [0, 0.1) is 5.21 Å². The summed E-state index contributed by atoms with van der Waals surface area (Å²) in [5.74, 6) is 0. The van der Waals surface area contributed by atoms with Crippen LogP contribution in [0.4, 0.5) is 0 Å². The summed E-state index contributed by atoms with van der Waals surface area (Å²) in [5, 5.41) is 13.9. The van der Waals surface area contributed by atoms with Crippen LogP contribution in [-0.4, -0.2) is 18.7 Å². The van der Waals surface area contributed by atoms with E-state index in [0.717, 1.165) is 12.8 Å². The van der Waals surface area contributed by atoms with E-state index in [9.17, 15) is 5.21 Å². The first-order valence-electron chi connectivity index (χ1n) is 3.00. The summed E-state index contributed by atoms with van der Waals surface area (Å²) in [6.45, 7) is 2.59. The molecule has 0 bridgehead atoms. The van der Waals surface area contributed by atoms with Crippen molar-refractivity contribution in [3.63, 3.8) is 0 Å². The van der Waals surface area contributed by atoms with E-state index < -0.39 is 0 Å². The lowest BCUT2D eigenvalue weighted by molar-refractivity contribution is -0.783. The molecule has 4 heteroatoms. The Balaban J connectivity index is 3.21. The second kappa shape index (κ2) is 5.34. The normalized spacial score (nSPS) is 11.6.